The van der Waals surface area contributed by atoms with Gasteiger partial charge in [0.15, 0.2) is 7.98 Å². The van der Waals surface area contributed by atoms with Crippen molar-refractivity contribution in [2.24, 2.45) is 0 Å². The standard InChI is InChI=1S/C23H26BN5O3/c1-30-18-7-5-16(6-8-18)27-23-26-15-21(25-14-17-4-3-13-29(17)24)22(28-23)32-20-11-9-19(31-2)10-12-20/h5-12,15,17,25H,3-4,13-14H2,1-2H3,(H,26,27,28)/t17-/m0/s1. The molecule has 3 aromatic rings. The number of nitrogens with zero attached hydrogens (tertiary/aromatic N) is 3. The van der Waals surface area contributed by atoms with Gasteiger partial charge >= 0.3 is 0 Å². The van der Waals surface area contributed by atoms with E-state index in [0.29, 0.717) is 29.8 Å². The molecule has 2 radical (unpaired) electrons. The van der Waals surface area contributed by atoms with Gasteiger partial charge in [-0.25, -0.2) is 4.98 Å². The van der Waals surface area contributed by atoms with Gasteiger partial charge in [-0.3, -0.25) is 0 Å². The lowest BCUT2D eigenvalue weighted by atomic mass is 10.2. The molecule has 4 rings (SSSR count). The molecule has 164 valence electrons. The van der Waals surface area contributed by atoms with E-state index >= 15 is 0 Å². The lowest BCUT2D eigenvalue weighted by molar-refractivity contribution is 0.412. The lowest BCUT2D eigenvalue weighted by Gasteiger charge is -2.21. The summed E-state index contributed by atoms with van der Waals surface area (Å²) in [7, 11) is 9.33. The second-order valence-corrected chi connectivity index (χ2v) is 7.46. The molecule has 1 aromatic heterocycles. The van der Waals surface area contributed by atoms with Gasteiger partial charge in [0, 0.05) is 18.3 Å². The maximum absolute atomic E-state index is 6.09. The van der Waals surface area contributed by atoms with Gasteiger partial charge in [-0.05, 0) is 67.9 Å². The number of nitrogens with one attached hydrogen (secondary N) is 2. The number of hydrogen-bond acceptors (Lipinski definition) is 8. The SMILES string of the molecule is [B]N1CCC[C@H]1CNc1cnc(Nc2ccc(OC)cc2)nc1Oc1ccc(OC)cc1. The van der Waals surface area contributed by atoms with Crippen molar-refractivity contribution in [2.45, 2.75) is 18.9 Å². The van der Waals surface area contributed by atoms with E-state index < -0.39 is 0 Å². The predicted molar refractivity (Wildman–Crippen MR) is 125 cm³/mol. The summed E-state index contributed by atoms with van der Waals surface area (Å²) >= 11 is 0. The number of anilines is 3. The predicted octanol–water partition coefficient (Wildman–Crippen LogP) is 3.99. The molecule has 0 amide bonds. The zero-order valence-corrected chi connectivity index (χ0v) is 18.2. The van der Waals surface area contributed by atoms with Crippen LogP contribution >= 0.6 is 0 Å². The second kappa shape index (κ2) is 10.2. The first-order chi connectivity index (χ1) is 15.6. The molecule has 1 fully saturated rings. The summed E-state index contributed by atoms with van der Waals surface area (Å²) in [5.74, 6) is 3.02. The average molecular weight is 431 g/mol. The summed E-state index contributed by atoms with van der Waals surface area (Å²) in [4.78, 5) is 10.9. The first kappa shape index (κ1) is 21.8. The summed E-state index contributed by atoms with van der Waals surface area (Å²) in [5.41, 5.74) is 1.54. The molecule has 0 saturated carbocycles. The van der Waals surface area contributed by atoms with E-state index in [1.807, 2.05) is 53.3 Å². The summed E-state index contributed by atoms with van der Waals surface area (Å²) in [6.45, 7) is 1.59. The fourth-order valence-corrected chi connectivity index (χ4v) is 3.49. The van der Waals surface area contributed by atoms with Crippen LogP contribution in [0.5, 0.6) is 23.1 Å². The molecule has 0 unspecified atom stereocenters. The van der Waals surface area contributed by atoms with E-state index in [0.717, 1.165) is 36.6 Å². The molecular formula is C23H26BN5O3. The number of rotatable bonds is 9. The normalized spacial score (nSPS) is 15.9. The Bertz CT molecular complexity index is 1020. The molecule has 0 aliphatic carbocycles. The zero-order valence-electron chi connectivity index (χ0n) is 18.2. The maximum Gasteiger partial charge on any atom is 0.247 e. The highest BCUT2D eigenvalue weighted by atomic mass is 16.5. The minimum Gasteiger partial charge on any atom is -0.497 e. The number of methoxy groups -OCH3 is 2. The van der Waals surface area contributed by atoms with E-state index in [-0.39, 0.29) is 6.04 Å². The Morgan fingerprint density at radius 1 is 1.00 bits per heavy atom. The second-order valence-electron chi connectivity index (χ2n) is 7.46. The molecule has 32 heavy (non-hydrogen) atoms. The molecule has 9 heteroatoms. The summed E-state index contributed by atoms with van der Waals surface area (Å²) in [6.07, 6.45) is 3.86. The van der Waals surface area contributed by atoms with E-state index in [9.17, 15) is 0 Å². The quantitative estimate of drug-likeness (QED) is 0.493. The first-order valence-corrected chi connectivity index (χ1v) is 10.5. The topological polar surface area (TPSA) is 80.8 Å². The maximum atomic E-state index is 6.09. The third kappa shape index (κ3) is 5.42. The summed E-state index contributed by atoms with van der Waals surface area (Å²) < 4.78 is 16.5. The zero-order chi connectivity index (χ0) is 22.3. The van der Waals surface area contributed by atoms with Crippen molar-refractivity contribution in [1.29, 1.82) is 0 Å². The van der Waals surface area contributed by atoms with Crippen molar-refractivity contribution < 1.29 is 14.2 Å². The molecule has 1 saturated heterocycles. The van der Waals surface area contributed by atoms with Gasteiger partial charge in [-0.15, -0.1) is 0 Å². The van der Waals surface area contributed by atoms with Crippen LogP contribution in [0.1, 0.15) is 12.8 Å². The van der Waals surface area contributed by atoms with Crippen molar-refractivity contribution in [1.82, 2.24) is 14.8 Å². The Morgan fingerprint density at radius 2 is 1.66 bits per heavy atom. The number of hydrogen-bond donors (Lipinski definition) is 2. The van der Waals surface area contributed by atoms with Gasteiger partial charge in [-0.1, -0.05) is 0 Å². The summed E-state index contributed by atoms with van der Waals surface area (Å²) in [5, 5.41) is 6.59. The van der Waals surface area contributed by atoms with Gasteiger partial charge in [0.1, 0.15) is 22.9 Å². The Morgan fingerprint density at radius 3 is 2.28 bits per heavy atom. The van der Waals surface area contributed by atoms with Crippen LogP contribution in [0.4, 0.5) is 17.3 Å². The average Bonchev–Trinajstić information content (AvgIpc) is 3.24. The Balaban J connectivity index is 1.54. The van der Waals surface area contributed by atoms with Crippen LogP contribution < -0.4 is 24.8 Å². The number of benzene rings is 2. The highest BCUT2D eigenvalue weighted by Crippen LogP contribution is 2.30. The largest absolute Gasteiger partial charge is 0.497 e. The van der Waals surface area contributed by atoms with Gasteiger partial charge < -0.3 is 29.7 Å². The third-order valence-corrected chi connectivity index (χ3v) is 5.32. The van der Waals surface area contributed by atoms with Crippen molar-refractivity contribution in [3.63, 3.8) is 0 Å². The molecule has 1 aliphatic heterocycles. The van der Waals surface area contributed by atoms with Crippen LogP contribution in [0.3, 0.4) is 0 Å². The smallest absolute Gasteiger partial charge is 0.247 e. The Labute approximate surface area is 189 Å². The highest BCUT2D eigenvalue weighted by molar-refractivity contribution is 6.04. The van der Waals surface area contributed by atoms with E-state index in [1.54, 1.807) is 20.4 Å². The molecule has 1 aliphatic rings. The van der Waals surface area contributed by atoms with Gasteiger partial charge in [0.2, 0.25) is 11.8 Å². The van der Waals surface area contributed by atoms with Crippen molar-refractivity contribution in [3.8, 4) is 23.1 Å². The minimum atomic E-state index is 0.265. The molecule has 0 spiro atoms. The van der Waals surface area contributed by atoms with Crippen LogP contribution in [0.2, 0.25) is 0 Å². The first-order valence-electron chi connectivity index (χ1n) is 10.5. The van der Waals surface area contributed by atoms with Crippen LogP contribution in [0, 0.1) is 0 Å². The number of ether oxygens (including phenoxy) is 3. The fourth-order valence-electron chi connectivity index (χ4n) is 3.49. The van der Waals surface area contributed by atoms with E-state index in [1.165, 1.54) is 0 Å². The van der Waals surface area contributed by atoms with Crippen LogP contribution in [0.25, 0.3) is 0 Å². The van der Waals surface area contributed by atoms with Gasteiger partial charge in [0.25, 0.3) is 0 Å². The Kier molecular flexibility index (Phi) is 6.96. The van der Waals surface area contributed by atoms with Crippen LogP contribution in [-0.2, 0) is 0 Å². The van der Waals surface area contributed by atoms with Gasteiger partial charge in [0.05, 0.1) is 20.4 Å². The Hall–Kier alpha value is -3.46. The molecular weight excluding hydrogens is 405 g/mol. The fraction of sp³-hybridized carbons (Fsp3) is 0.304. The molecule has 8 nitrogen and oxygen atoms in total. The minimum absolute atomic E-state index is 0.265. The number of aromatic nitrogens is 2. The third-order valence-electron chi connectivity index (χ3n) is 5.32. The van der Waals surface area contributed by atoms with E-state index in [4.69, 9.17) is 22.2 Å². The highest BCUT2D eigenvalue weighted by Gasteiger charge is 2.21. The molecule has 2 aromatic carbocycles. The summed E-state index contributed by atoms with van der Waals surface area (Å²) in [6, 6.07) is 15.1. The van der Waals surface area contributed by atoms with Gasteiger partial charge in [-0.2, -0.15) is 4.98 Å². The van der Waals surface area contributed by atoms with Crippen LogP contribution in [-0.4, -0.2) is 56.1 Å². The monoisotopic (exact) mass is 431 g/mol. The van der Waals surface area contributed by atoms with Crippen molar-refractivity contribution in [3.05, 3.63) is 54.7 Å². The molecule has 2 N–H and O–H groups in total. The van der Waals surface area contributed by atoms with Crippen LogP contribution in [0.15, 0.2) is 54.7 Å². The molecule has 0 bridgehead atoms. The van der Waals surface area contributed by atoms with E-state index in [2.05, 4.69) is 20.6 Å². The molecule has 1 atom stereocenters. The van der Waals surface area contributed by atoms with Crippen molar-refractivity contribution in [2.75, 3.05) is 37.9 Å². The molecule has 2 heterocycles. The lowest BCUT2D eigenvalue weighted by Crippen LogP contribution is -2.32. The van der Waals surface area contributed by atoms with Crippen molar-refractivity contribution >= 4 is 25.3 Å².